The van der Waals surface area contributed by atoms with Gasteiger partial charge in [0.15, 0.2) is 5.84 Å². The van der Waals surface area contributed by atoms with Crippen molar-refractivity contribution in [2.45, 2.75) is 19.8 Å². The number of nitrogens with zero attached hydrogens (tertiary/aromatic N) is 2. The van der Waals surface area contributed by atoms with Crippen LogP contribution in [0.1, 0.15) is 24.0 Å². The van der Waals surface area contributed by atoms with Gasteiger partial charge < -0.3 is 20.9 Å². The molecule has 4 N–H and O–H groups in total. The Morgan fingerprint density at radius 3 is 2.95 bits per heavy atom. The van der Waals surface area contributed by atoms with E-state index in [4.69, 9.17) is 10.9 Å². The number of aliphatic hydroxyl groups excluding tert-OH is 1. The molecule has 1 aromatic rings. The Morgan fingerprint density at radius 1 is 1.53 bits per heavy atom. The van der Waals surface area contributed by atoms with Crippen molar-refractivity contribution in [3.8, 4) is 0 Å². The number of benzene rings is 1. The lowest BCUT2D eigenvalue weighted by molar-refractivity contribution is 0.208. The maximum absolute atomic E-state index is 9.29. The summed E-state index contributed by atoms with van der Waals surface area (Å²) >= 11 is 0. The van der Waals surface area contributed by atoms with E-state index in [0.717, 1.165) is 42.7 Å². The third-order valence-electron chi connectivity index (χ3n) is 3.72. The van der Waals surface area contributed by atoms with Gasteiger partial charge in [0.25, 0.3) is 0 Å². The molecule has 1 saturated heterocycles. The van der Waals surface area contributed by atoms with Crippen LogP contribution in [-0.4, -0.2) is 35.8 Å². The van der Waals surface area contributed by atoms with E-state index < -0.39 is 0 Å². The molecule has 1 aromatic carbocycles. The number of piperidine rings is 1. The number of amidine groups is 1. The molecular formula is C14H21N3O2. The summed E-state index contributed by atoms with van der Waals surface area (Å²) in [5.41, 5.74) is 8.57. The number of aliphatic hydroxyl groups is 1. The summed E-state index contributed by atoms with van der Waals surface area (Å²) < 4.78 is 0. The molecule has 1 atom stereocenters. The van der Waals surface area contributed by atoms with Crippen LogP contribution in [0.3, 0.4) is 0 Å². The van der Waals surface area contributed by atoms with Gasteiger partial charge in [0.2, 0.25) is 0 Å². The molecule has 0 spiro atoms. The monoisotopic (exact) mass is 263 g/mol. The molecule has 5 heteroatoms. The first kappa shape index (κ1) is 13.7. The average Bonchev–Trinajstić information content (AvgIpc) is 2.46. The fraction of sp³-hybridized carbons (Fsp3) is 0.500. The molecule has 0 aromatic heterocycles. The Labute approximate surface area is 113 Å². The Bertz CT molecular complexity index is 474. The van der Waals surface area contributed by atoms with Crippen molar-refractivity contribution in [1.29, 1.82) is 0 Å². The van der Waals surface area contributed by atoms with E-state index in [0.29, 0.717) is 5.92 Å². The Hall–Kier alpha value is -1.75. The summed E-state index contributed by atoms with van der Waals surface area (Å²) in [6, 6.07) is 5.79. The standard InChI is InChI=1S/C14H21N3O2/c1-10-7-12(14(15)16-19)4-5-13(10)17-6-2-3-11(8-17)9-18/h4-5,7,11,18-19H,2-3,6,8-9H2,1H3,(H2,15,16). The molecule has 19 heavy (non-hydrogen) atoms. The molecule has 0 amide bonds. The molecule has 5 nitrogen and oxygen atoms in total. The fourth-order valence-corrected chi connectivity index (χ4v) is 2.66. The van der Waals surface area contributed by atoms with Crippen molar-refractivity contribution in [2.75, 3.05) is 24.6 Å². The van der Waals surface area contributed by atoms with Crippen LogP contribution in [0.25, 0.3) is 0 Å². The molecular weight excluding hydrogens is 242 g/mol. The van der Waals surface area contributed by atoms with Gasteiger partial charge in [0, 0.05) is 30.9 Å². The molecule has 1 heterocycles. The van der Waals surface area contributed by atoms with Gasteiger partial charge in [0.1, 0.15) is 0 Å². The third-order valence-corrected chi connectivity index (χ3v) is 3.72. The Balaban J connectivity index is 2.21. The second-order valence-corrected chi connectivity index (χ2v) is 5.12. The van der Waals surface area contributed by atoms with Gasteiger partial charge in [-0.25, -0.2) is 0 Å². The van der Waals surface area contributed by atoms with E-state index in [1.54, 1.807) is 0 Å². The third kappa shape index (κ3) is 2.98. The molecule has 2 rings (SSSR count). The van der Waals surface area contributed by atoms with Crippen LogP contribution in [0.15, 0.2) is 23.4 Å². The summed E-state index contributed by atoms with van der Waals surface area (Å²) in [6.07, 6.45) is 2.20. The summed E-state index contributed by atoms with van der Waals surface area (Å²) in [5, 5.41) is 21.0. The van der Waals surface area contributed by atoms with Gasteiger partial charge in [-0.05, 0) is 49.4 Å². The van der Waals surface area contributed by atoms with E-state index in [2.05, 4.69) is 10.1 Å². The average molecular weight is 263 g/mol. The summed E-state index contributed by atoms with van der Waals surface area (Å²) in [6.45, 7) is 4.17. The van der Waals surface area contributed by atoms with Crippen molar-refractivity contribution in [1.82, 2.24) is 0 Å². The van der Waals surface area contributed by atoms with E-state index in [-0.39, 0.29) is 12.4 Å². The lowest BCUT2D eigenvalue weighted by Gasteiger charge is -2.34. The van der Waals surface area contributed by atoms with Crippen LogP contribution >= 0.6 is 0 Å². The van der Waals surface area contributed by atoms with Crippen molar-refractivity contribution in [2.24, 2.45) is 16.8 Å². The number of nitrogens with two attached hydrogens (primary N) is 1. The topological polar surface area (TPSA) is 82.1 Å². The minimum Gasteiger partial charge on any atom is -0.409 e. The lowest BCUT2D eigenvalue weighted by Crippen LogP contribution is -2.37. The number of aryl methyl sites for hydroxylation is 1. The predicted octanol–water partition coefficient (Wildman–Crippen LogP) is 1.30. The van der Waals surface area contributed by atoms with Crippen LogP contribution in [-0.2, 0) is 0 Å². The van der Waals surface area contributed by atoms with E-state index in [1.807, 2.05) is 25.1 Å². The maximum Gasteiger partial charge on any atom is 0.170 e. The highest BCUT2D eigenvalue weighted by molar-refractivity contribution is 5.97. The molecule has 1 unspecified atom stereocenters. The lowest BCUT2D eigenvalue weighted by atomic mass is 9.97. The summed E-state index contributed by atoms with van der Waals surface area (Å²) in [5.74, 6) is 0.485. The molecule has 0 saturated carbocycles. The number of hydrogen-bond acceptors (Lipinski definition) is 4. The van der Waals surface area contributed by atoms with Crippen LogP contribution < -0.4 is 10.6 Å². The molecule has 0 radical (unpaired) electrons. The van der Waals surface area contributed by atoms with Crippen molar-refractivity contribution < 1.29 is 10.3 Å². The minimum atomic E-state index is 0.126. The van der Waals surface area contributed by atoms with Crippen molar-refractivity contribution in [3.05, 3.63) is 29.3 Å². The second-order valence-electron chi connectivity index (χ2n) is 5.12. The second kappa shape index (κ2) is 5.93. The first-order valence-corrected chi connectivity index (χ1v) is 6.60. The Kier molecular flexibility index (Phi) is 4.27. The number of anilines is 1. The van der Waals surface area contributed by atoms with Crippen LogP contribution in [0, 0.1) is 12.8 Å². The number of rotatable bonds is 3. The molecule has 0 bridgehead atoms. The molecule has 0 aliphatic carbocycles. The van der Waals surface area contributed by atoms with Crippen LogP contribution in [0.2, 0.25) is 0 Å². The summed E-state index contributed by atoms with van der Waals surface area (Å²) in [7, 11) is 0. The SMILES string of the molecule is Cc1cc(/C(N)=N/O)ccc1N1CCCC(CO)C1. The zero-order chi connectivity index (χ0) is 13.8. The van der Waals surface area contributed by atoms with Gasteiger partial charge in [-0.15, -0.1) is 0 Å². The zero-order valence-corrected chi connectivity index (χ0v) is 11.2. The molecule has 1 aliphatic heterocycles. The van der Waals surface area contributed by atoms with Crippen molar-refractivity contribution >= 4 is 11.5 Å². The van der Waals surface area contributed by atoms with Gasteiger partial charge in [-0.1, -0.05) is 5.16 Å². The molecule has 1 fully saturated rings. The smallest absolute Gasteiger partial charge is 0.170 e. The van der Waals surface area contributed by atoms with Crippen LogP contribution in [0.4, 0.5) is 5.69 Å². The van der Waals surface area contributed by atoms with E-state index in [1.165, 1.54) is 0 Å². The predicted molar refractivity (Wildman–Crippen MR) is 75.7 cm³/mol. The van der Waals surface area contributed by atoms with E-state index >= 15 is 0 Å². The first-order chi connectivity index (χ1) is 9.15. The fourth-order valence-electron chi connectivity index (χ4n) is 2.66. The van der Waals surface area contributed by atoms with Gasteiger partial charge in [0.05, 0.1) is 0 Å². The highest BCUT2D eigenvalue weighted by Crippen LogP contribution is 2.26. The highest BCUT2D eigenvalue weighted by atomic mass is 16.4. The first-order valence-electron chi connectivity index (χ1n) is 6.60. The Morgan fingerprint density at radius 2 is 2.32 bits per heavy atom. The largest absolute Gasteiger partial charge is 0.409 e. The van der Waals surface area contributed by atoms with Gasteiger partial charge in [-0.3, -0.25) is 0 Å². The zero-order valence-electron chi connectivity index (χ0n) is 11.2. The number of hydrogen-bond donors (Lipinski definition) is 3. The highest BCUT2D eigenvalue weighted by Gasteiger charge is 2.20. The maximum atomic E-state index is 9.29. The van der Waals surface area contributed by atoms with Gasteiger partial charge in [-0.2, -0.15) is 0 Å². The quantitative estimate of drug-likeness (QED) is 0.332. The molecule has 104 valence electrons. The number of oxime groups is 1. The minimum absolute atomic E-state index is 0.126. The normalized spacial score (nSPS) is 20.6. The van der Waals surface area contributed by atoms with E-state index in [9.17, 15) is 5.11 Å². The van der Waals surface area contributed by atoms with Gasteiger partial charge >= 0.3 is 0 Å². The molecule has 1 aliphatic rings. The van der Waals surface area contributed by atoms with Crippen LogP contribution in [0.5, 0.6) is 0 Å². The van der Waals surface area contributed by atoms with Crippen molar-refractivity contribution in [3.63, 3.8) is 0 Å². The summed E-state index contributed by atoms with van der Waals surface area (Å²) in [4.78, 5) is 2.30.